The molecule has 1 aromatic rings. The van der Waals surface area contributed by atoms with Gasteiger partial charge >= 0.3 is 0 Å². The van der Waals surface area contributed by atoms with Crippen molar-refractivity contribution in [1.29, 1.82) is 0 Å². The number of hydrogen-bond acceptors (Lipinski definition) is 3. The first-order valence-electron chi connectivity index (χ1n) is 5.10. The van der Waals surface area contributed by atoms with E-state index in [1.165, 1.54) is 0 Å². The van der Waals surface area contributed by atoms with E-state index in [0.717, 1.165) is 30.2 Å². The van der Waals surface area contributed by atoms with E-state index in [0.29, 0.717) is 0 Å². The number of nitrogens with two attached hydrogens (primary N) is 1. The summed E-state index contributed by atoms with van der Waals surface area (Å²) in [6.45, 7) is 8.02. The summed E-state index contributed by atoms with van der Waals surface area (Å²) in [5, 5.41) is 0. The molecule has 1 saturated carbocycles. The number of oxazole rings is 1. The highest BCUT2D eigenvalue weighted by atomic mass is 16.4. The smallest absolute Gasteiger partial charge is 0.202 e. The van der Waals surface area contributed by atoms with Crippen molar-refractivity contribution in [1.82, 2.24) is 4.98 Å². The molecule has 0 atom stereocenters. The van der Waals surface area contributed by atoms with Crippen molar-refractivity contribution in [3.05, 3.63) is 17.3 Å². The Labute approximate surface area is 84.7 Å². The van der Waals surface area contributed by atoms with Gasteiger partial charge in [0.25, 0.3) is 0 Å². The molecular formula is C11H18N2O. The van der Waals surface area contributed by atoms with Gasteiger partial charge in [-0.3, -0.25) is 0 Å². The number of nitrogens with zero attached hydrogens (tertiary/aromatic N) is 1. The van der Waals surface area contributed by atoms with Gasteiger partial charge in [0.1, 0.15) is 5.76 Å². The predicted molar refractivity (Wildman–Crippen MR) is 55.2 cm³/mol. The van der Waals surface area contributed by atoms with Crippen molar-refractivity contribution in [3.8, 4) is 0 Å². The monoisotopic (exact) mass is 194 g/mol. The number of aryl methyl sites for hydroxylation is 2. The maximum atomic E-state index is 6.17. The van der Waals surface area contributed by atoms with Crippen molar-refractivity contribution < 1.29 is 4.42 Å². The lowest BCUT2D eigenvalue weighted by atomic mass is 9.85. The van der Waals surface area contributed by atoms with Crippen LogP contribution in [-0.4, -0.2) is 10.5 Å². The molecule has 0 bridgehead atoms. The first kappa shape index (κ1) is 9.71. The van der Waals surface area contributed by atoms with Crippen molar-refractivity contribution in [3.63, 3.8) is 0 Å². The van der Waals surface area contributed by atoms with Crippen molar-refractivity contribution in [2.75, 3.05) is 0 Å². The number of hydrogen-bond donors (Lipinski definition) is 1. The van der Waals surface area contributed by atoms with Crippen LogP contribution in [0.15, 0.2) is 4.42 Å². The van der Waals surface area contributed by atoms with Crippen LogP contribution in [0, 0.1) is 13.8 Å². The molecule has 1 heterocycles. The van der Waals surface area contributed by atoms with Crippen LogP contribution in [0.1, 0.15) is 44.0 Å². The quantitative estimate of drug-likeness (QED) is 0.784. The molecule has 0 amide bonds. The molecule has 3 nitrogen and oxygen atoms in total. The topological polar surface area (TPSA) is 52.0 Å². The van der Waals surface area contributed by atoms with Crippen molar-refractivity contribution >= 4 is 0 Å². The Hall–Kier alpha value is -0.830. The average molecular weight is 194 g/mol. The summed E-state index contributed by atoms with van der Waals surface area (Å²) in [6.07, 6.45) is 2.19. The summed E-state index contributed by atoms with van der Waals surface area (Å²) in [5.41, 5.74) is 6.90. The number of aromatic nitrogens is 1. The van der Waals surface area contributed by atoms with Crippen LogP contribution < -0.4 is 5.73 Å². The van der Waals surface area contributed by atoms with Gasteiger partial charge in [-0.05, 0) is 40.5 Å². The largest absolute Gasteiger partial charge is 0.445 e. The van der Waals surface area contributed by atoms with Crippen LogP contribution >= 0.6 is 0 Å². The molecule has 0 unspecified atom stereocenters. The van der Waals surface area contributed by atoms with Crippen molar-refractivity contribution in [2.45, 2.75) is 51.5 Å². The molecule has 3 heteroatoms. The molecule has 2 N–H and O–H groups in total. The summed E-state index contributed by atoms with van der Waals surface area (Å²) in [4.78, 5) is 4.46. The zero-order valence-corrected chi connectivity index (χ0v) is 9.35. The molecule has 0 spiro atoms. The summed E-state index contributed by atoms with van der Waals surface area (Å²) >= 11 is 0. The molecule has 1 aliphatic carbocycles. The van der Waals surface area contributed by atoms with Gasteiger partial charge in [-0.15, -0.1) is 0 Å². The van der Waals surface area contributed by atoms with E-state index in [9.17, 15) is 0 Å². The standard InChI is InChI=1S/C11H18N2O/c1-7-8(2)14-9(13-7)11(5-6-11)10(3,4)12/h5-6,12H2,1-4H3. The lowest BCUT2D eigenvalue weighted by Crippen LogP contribution is -2.45. The van der Waals surface area contributed by atoms with Crippen LogP contribution in [0.4, 0.5) is 0 Å². The van der Waals surface area contributed by atoms with E-state index in [4.69, 9.17) is 10.2 Å². The van der Waals surface area contributed by atoms with E-state index in [1.807, 2.05) is 13.8 Å². The lowest BCUT2D eigenvalue weighted by molar-refractivity contribution is 0.312. The van der Waals surface area contributed by atoms with Crippen LogP contribution in [0.25, 0.3) is 0 Å². The van der Waals surface area contributed by atoms with Gasteiger partial charge < -0.3 is 10.2 Å². The SMILES string of the molecule is Cc1nc(C2(C(C)(C)N)CC2)oc1C. The van der Waals surface area contributed by atoms with Gasteiger partial charge in [-0.1, -0.05) is 0 Å². The fraction of sp³-hybridized carbons (Fsp3) is 0.727. The van der Waals surface area contributed by atoms with E-state index in [1.54, 1.807) is 0 Å². The van der Waals surface area contributed by atoms with Crippen molar-refractivity contribution in [2.24, 2.45) is 5.73 Å². The lowest BCUT2D eigenvalue weighted by Gasteiger charge is -2.27. The minimum Gasteiger partial charge on any atom is -0.445 e. The van der Waals surface area contributed by atoms with Gasteiger partial charge in [0.2, 0.25) is 5.89 Å². The Morgan fingerprint density at radius 3 is 2.21 bits per heavy atom. The third kappa shape index (κ3) is 1.19. The summed E-state index contributed by atoms with van der Waals surface area (Å²) in [6, 6.07) is 0. The highest BCUT2D eigenvalue weighted by molar-refractivity contribution is 5.26. The Morgan fingerprint density at radius 1 is 1.36 bits per heavy atom. The first-order chi connectivity index (χ1) is 6.37. The van der Waals surface area contributed by atoms with E-state index in [-0.39, 0.29) is 11.0 Å². The van der Waals surface area contributed by atoms with E-state index < -0.39 is 0 Å². The maximum Gasteiger partial charge on any atom is 0.202 e. The van der Waals surface area contributed by atoms with Crippen LogP contribution in [0.5, 0.6) is 0 Å². The van der Waals surface area contributed by atoms with E-state index in [2.05, 4.69) is 18.8 Å². The summed E-state index contributed by atoms with van der Waals surface area (Å²) in [5.74, 6) is 1.75. The third-order valence-electron chi connectivity index (χ3n) is 3.42. The molecule has 78 valence electrons. The Balaban J connectivity index is 2.41. The molecule has 1 aliphatic rings. The highest BCUT2D eigenvalue weighted by Crippen LogP contribution is 2.54. The zero-order chi connectivity index (χ0) is 10.6. The minimum absolute atomic E-state index is 0.00792. The van der Waals surface area contributed by atoms with Crippen LogP contribution in [0.3, 0.4) is 0 Å². The zero-order valence-electron chi connectivity index (χ0n) is 9.35. The molecule has 2 rings (SSSR count). The second kappa shape index (κ2) is 2.60. The summed E-state index contributed by atoms with van der Waals surface area (Å²) in [7, 11) is 0. The molecule has 0 radical (unpaired) electrons. The van der Waals surface area contributed by atoms with Gasteiger partial charge in [0.15, 0.2) is 0 Å². The van der Waals surface area contributed by atoms with Crippen LogP contribution in [-0.2, 0) is 5.41 Å². The van der Waals surface area contributed by atoms with Gasteiger partial charge in [-0.2, -0.15) is 0 Å². The number of rotatable bonds is 2. The Kier molecular flexibility index (Phi) is 1.80. The third-order valence-corrected chi connectivity index (χ3v) is 3.42. The normalized spacial score (nSPS) is 19.8. The van der Waals surface area contributed by atoms with Gasteiger partial charge in [0.05, 0.1) is 11.1 Å². The molecule has 1 fully saturated rings. The molecular weight excluding hydrogens is 176 g/mol. The fourth-order valence-corrected chi connectivity index (χ4v) is 1.94. The Morgan fingerprint density at radius 2 is 1.93 bits per heavy atom. The fourth-order valence-electron chi connectivity index (χ4n) is 1.94. The minimum atomic E-state index is -0.239. The first-order valence-corrected chi connectivity index (χ1v) is 5.10. The second-order valence-electron chi connectivity index (χ2n) is 4.96. The molecule has 0 aliphatic heterocycles. The van der Waals surface area contributed by atoms with E-state index >= 15 is 0 Å². The molecule has 0 aromatic carbocycles. The molecule has 1 aromatic heterocycles. The Bertz CT molecular complexity index is 336. The summed E-state index contributed by atoms with van der Waals surface area (Å²) < 4.78 is 5.68. The maximum absolute atomic E-state index is 6.17. The van der Waals surface area contributed by atoms with Gasteiger partial charge in [0, 0.05) is 5.54 Å². The average Bonchev–Trinajstić information content (AvgIpc) is 2.76. The highest BCUT2D eigenvalue weighted by Gasteiger charge is 2.57. The van der Waals surface area contributed by atoms with Gasteiger partial charge in [-0.25, -0.2) is 4.98 Å². The second-order valence-corrected chi connectivity index (χ2v) is 4.96. The van der Waals surface area contributed by atoms with Crippen LogP contribution in [0.2, 0.25) is 0 Å². The predicted octanol–water partition coefficient (Wildman–Crippen LogP) is 2.06. The molecule has 14 heavy (non-hydrogen) atoms. The molecule has 0 saturated heterocycles.